The van der Waals surface area contributed by atoms with E-state index in [0.29, 0.717) is 13.0 Å². The molecule has 0 aromatic heterocycles. The monoisotopic (exact) mass is 504 g/mol. The van der Waals surface area contributed by atoms with Gasteiger partial charge in [0.2, 0.25) is 5.91 Å². The Bertz CT molecular complexity index is 666. The molecular formula is C21H34FIN4O. The van der Waals surface area contributed by atoms with Crippen LogP contribution in [-0.2, 0) is 10.2 Å². The lowest BCUT2D eigenvalue weighted by atomic mass is 9.84. The van der Waals surface area contributed by atoms with Gasteiger partial charge in [-0.05, 0) is 37.0 Å². The van der Waals surface area contributed by atoms with Crippen molar-refractivity contribution < 1.29 is 9.18 Å². The van der Waals surface area contributed by atoms with Gasteiger partial charge in [-0.3, -0.25) is 9.79 Å². The number of halogens is 2. The number of nitrogens with one attached hydrogen (secondary N) is 2. The Morgan fingerprint density at radius 3 is 2.68 bits per heavy atom. The SMILES string of the molecule is CCC(CCNC(=NC)NCC(C)(C)c1cccc(F)c1)N1CCCC1=O.I. The molecule has 1 atom stereocenters. The van der Waals surface area contributed by atoms with E-state index >= 15 is 0 Å². The third-order valence-corrected chi connectivity index (χ3v) is 5.32. The van der Waals surface area contributed by atoms with E-state index in [-0.39, 0.29) is 47.2 Å². The summed E-state index contributed by atoms with van der Waals surface area (Å²) in [6, 6.07) is 7.01. The number of aliphatic imine (C=N–C) groups is 1. The lowest BCUT2D eigenvalue weighted by Gasteiger charge is -2.28. The first kappa shape index (κ1) is 24.7. The number of carbonyl (C=O) groups is 1. The Morgan fingerprint density at radius 1 is 1.36 bits per heavy atom. The number of hydrogen-bond acceptors (Lipinski definition) is 2. The highest BCUT2D eigenvalue weighted by Crippen LogP contribution is 2.22. The first-order valence-electron chi connectivity index (χ1n) is 9.87. The van der Waals surface area contributed by atoms with E-state index < -0.39 is 0 Å². The number of hydrogen-bond donors (Lipinski definition) is 2. The van der Waals surface area contributed by atoms with E-state index in [2.05, 4.69) is 36.4 Å². The lowest BCUT2D eigenvalue weighted by Crippen LogP contribution is -2.45. The maximum absolute atomic E-state index is 13.5. The predicted molar refractivity (Wildman–Crippen MR) is 124 cm³/mol. The molecule has 1 heterocycles. The fourth-order valence-corrected chi connectivity index (χ4v) is 3.53. The number of rotatable bonds is 8. The summed E-state index contributed by atoms with van der Waals surface area (Å²) in [5, 5.41) is 6.67. The Kier molecular flexibility index (Phi) is 10.2. The van der Waals surface area contributed by atoms with Crippen molar-refractivity contribution in [2.45, 2.75) is 57.9 Å². The van der Waals surface area contributed by atoms with Crippen LogP contribution in [0.15, 0.2) is 29.3 Å². The molecule has 1 saturated heterocycles. The minimum atomic E-state index is -0.229. The molecule has 1 unspecified atom stereocenters. The summed E-state index contributed by atoms with van der Waals surface area (Å²) in [6.07, 6.45) is 3.52. The van der Waals surface area contributed by atoms with Crippen LogP contribution in [0.3, 0.4) is 0 Å². The Labute approximate surface area is 185 Å². The molecule has 1 aromatic rings. The minimum Gasteiger partial charge on any atom is -0.356 e. The second-order valence-electron chi connectivity index (χ2n) is 7.79. The molecule has 0 radical (unpaired) electrons. The number of nitrogens with zero attached hydrogens (tertiary/aromatic N) is 2. The van der Waals surface area contributed by atoms with Gasteiger partial charge < -0.3 is 15.5 Å². The molecule has 1 fully saturated rings. The standard InChI is InChI=1S/C21H33FN4O.HI/c1-5-18(26-13-7-10-19(26)27)11-12-24-20(23-4)25-15-21(2,3)16-8-6-9-17(22)14-16;/h6,8-9,14,18H,5,7,10-13,15H2,1-4H3,(H2,23,24,25);1H. The van der Waals surface area contributed by atoms with Crippen LogP contribution in [0.4, 0.5) is 4.39 Å². The van der Waals surface area contributed by atoms with Crippen molar-refractivity contribution in [2.24, 2.45) is 4.99 Å². The smallest absolute Gasteiger partial charge is 0.222 e. The summed E-state index contributed by atoms with van der Waals surface area (Å²) in [6.45, 7) is 8.56. The molecule has 0 aliphatic carbocycles. The van der Waals surface area contributed by atoms with Gasteiger partial charge in [-0.15, -0.1) is 24.0 Å². The second kappa shape index (κ2) is 11.6. The van der Waals surface area contributed by atoms with E-state index in [9.17, 15) is 9.18 Å². The Balaban J connectivity index is 0.00000392. The second-order valence-corrected chi connectivity index (χ2v) is 7.79. The van der Waals surface area contributed by atoms with Crippen LogP contribution in [0.25, 0.3) is 0 Å². The van der Waals surface area contributed by atoms with Crippen LogP contribution in [0, 0.1) is 5.82 Å². The predicted octanol–water partition coefficient (Wildman–Crippen LogP) is 3.68. The van der Waals surface area contributed by atoms with Crippen LogP contribution >= 0.6 is 24.0 Å². The molecule has 0 bridgehead atoms. The van der Waals surface area contributed by atoms with E-state index in [1.54, 1.807) is 19.2 Å². The fraction of sp³-hybridized carbons (Fsp3) is 0.619. The van der Waals surface area contributed by atoms with Crippen molar-refractivity contribution in [3.63, 3.8) is 0 Å². The van der Waals surface area contributed by atoms with Crippen LogP contribution in [0.1, 0.15) is 52.0 Å². The molecule has 28 heavy (non-hydrogen) atoms. The molecule has 158 valence electrons. The van der Waals surface area contributed by atoms with E-state index in [0.717, 1.165) is 43.9 Å². The number of benzene rings is 1. The van der Waals surface area contributed by atoms with Crippen molar-refractivity contribution >= 4 is 35.8 Å². The Morgan fingerprint density at radius 2 is 2.11 bits per heavy atom. The molecule has 1 amide bonds. The maximum atomic E-state index is 13.5. The van der Waals surface area contributed by atoms with Gasteiger partial charge in [0.25, 0.3) is 0 Å². The third-order valence-electron chi connectivity index (χ3n) is 5.32. The van der Waals surface area contributed by atoms with E-state index in [4.69, 9.17) is 0 Å². The first-order valence-corrected chi connectivity index (χ1v) is 9.87. The molecule has 5 nitrogen and oxygen atoms in total. The van der Waals surface area contributed by atoms with Crippen molar-refractivity contribution in [3.8, 4) is 0 Å². The molecule has 2 N–H and O–H groups in total. The molecule has 1 aliphatic heterocycles. The number of carbonyl (C=O) groups excluding carboxylic acids is 1. The van der Waals surface area contributed by atoms with Crippen LogP contribution in [0.5, 0.6) is 0 Å². The topological polar surface area (TPSA) is 56.7 Å². The summed E-state index contributed by atoms with van der Waals surface area (Å²) < 4.78 is 13.5. The summed E-state index contributed by atoms with van der Waals surface area (Å²) in [4.78, 5) is 18.2. The quantitative estimate of drug-likeness (QED) is 0.323. The number of guanidine groups is 1. The van der Waals surface area contributed by atoms with Gasteiger partial charge in [0.1, 0.15) is 5.82 Å². The van der Waals surface area contributed by atoms with Crippen LogP contribution in [-0.4, -0.2) is 49.5 Å². The summed E-state index contributed by atoms with van der Waals surface area (Å²) in [5.41, 5.74) is 0.720. The molecule has 1 aliphatic rings. The highest BCUT2D eigenvalue weighted by atomic mass is 127. The number of amides is 1. The van der Waals surface area contributed by atoms with E-state index in [1.807, 2.05) is 11.0 Å². The van der Waals surface area contributed by atoms with Gasteiger partial charge in [0.15, 0.2) is 5.96 Å². The largest absolute Gasteiger partial charge is 0.356 e. The molecular weight excluding hydrogens is 470 g/mol. The molecule has 0 spiro atoms. The molecule has 0 saturated carbocycles. The zero-order valence-electron chi connectivity index (χ0n) is 17.4. The fourth-order valence-electron chi connectivity index (χ4n) is 3.53. The molecule has 1 aromatic carbocycles. The highest BCUT2D eigenvalue weighted by Gasteiger charge is 2.26. The molecule has 7 heteroatoms. The van der Waals surface area contributed by atoms with Gasteiger partial charge in [-0.2, -0.15) is 0 Å². The van der Waals surface area contributed by atoms with Gasteiger partial charge >= 0.3 is 0 Å². The van der Waals surface area contributed by atoms with Gasteiger partial charge in [-0.1, -0.05) is 32.9 Å². The van der Waals surface area contributed by atoms with Crippen molar-refractivity contribution in [3.05, 3.63) is 35.6 Å². The average molecular weight is 504 g/mol. The first-order chi connectivity index (χ1) is 12.9. The third kappa shape index (κ3) is 6.90. The zero-order valence-corrected chi connectivity index (χ0v) is 19.8. The van der Waals surface area contributed by atoms with Gasteiger partial charge in [0, 0.05) is 44.6 Å². The highest BCUT2D eigenvalue weighted by molar-refractivity contribution is 14.0. The van der Waals surface area contributed by atoms with Crippen molar-refractivity contribution in [1.29, 1.82) is 0 Å². The summed E-state index contributed by atoms with van der Waals surface area (Å²) in [5.74, 6) is 0.786. The maximum Gasteiger partial charge on any atom is 0.222 e. The summed E-state index contributed by atoms with van der Waals surface area (Å²) >= 11 is 0. The van der Waals surface area contributed by atoms with E-state index in [1.165, 1.54) is 6.07 Å². The Hall–Kier alpha value is -1.38. The van der Waals surface area contributed by atoms with Gasteiger partial charge in [-0.25, -0.2) is 4.39 Å². The normalized spacial score (nSPS) is 16.0. The lowest BCUT2D eigenvalue weighted by molar-refractivity contribution is -0.129. The molecule has 2 rings (SSSR count). The summed E-state index contributed by atoms with van der Waals surface area (Å²) in [7, 11) is 1.74. The van der Waals surface area contributed by atoms with Gasteiger partial charge in [0.05, 0.1) is 0 Å². The van der Waals surface area contributed by atoms with Crippen LogP contribution < -0.4 is 10.6 Å². The average Bonchev–Trinajstić information content (AvgIpc) is 3.07. The zero-order chi connectivity index (χ0) is 19.9. The van der Waals surface area contributed by atoms with Crippen LogP contribution in [0.2, 0.25) is 0 Å². The minimum absolute atomic E-state index is 0. The van der Waals surface area contributed by atoms with Crippen molar-refractivity contribution in [1.82, 2.24) is 15.5 Å². The number of likely N-dealkylation sites (tertiary alicyclic amines) is 1. The van der Waals surface area contributed by atoms with Crippen molar-refractivity contribution in [2.75, 3.05) is 26.7 Å².